The molecule has 3 aliphatic heterocycles. The van der Waals surface area contributed by atoms with E-state index in [4.69, 9.17) is 0 Å². The van der Waals surface area contributed by atoms with Gasteiger partial charge in [-0.1, -0.05) is 0 Å². The van der Waals surface area contributed by atoms with E-state index in [1.54, 1.807) is 0 Å². The first-order valence-corrected chi connectivity index (χ1v) is 16.3. The van der Waals surface area contributed by atoms with E-state index in [2.05, 4.69) is 152 Å². The van der Waals surface area contributed by atoms with E-state index in [9.17, 15) is 0 Å². The van der Waals surface area contributed by atoms with Crippen molar-refractivity contribution in [1.82, 2.24) is 44.6 Å². The molecule has 14 bridgehead atoms. The van der Waals surface area contributed by atoms with Crippen LogP contribution >= 0.6 is 0 Å². The summed E-state index contributed by atoms with van der Waals surface area (Å²) in [6, 6.07) is 27.0. The summed E-state index contributed by atoms with van der Waals surface area (Å²) in [5.74, 6) is 0. The fraction of sp³-hybridized carbons (Fsp3) is 0.351. The van der Waals surface area contributed by atoms with Crippen molar-refractivity contribution in [2.24, 2.45) is 0 Å². The molecule has 0 spiro atoms. The zero-order valence-electron chi connectivity index (χ0n) is 27.5. The molecule has 6 aromatic heterocycles. The maximum Gasteiger partial charge on any atom is 0.0872 e. The van der Waals surface area contributed by atoms with Gasteiger partial charge in [-0.15, -0.1) is 0 Å². The second kappa shape index (κ2) is 10.8. The van der Waals surface area contributed by atoms with E-state index in [1.165, 1.54) is 68.3 Å². The van der Waals surface area contributed by atoms with Crippen molar-refractivity contribution in [2.45, 2.75) is 63.9 Å². The molecule has 0 fully saturated rings. The van der Waals surface area contributed by atoms with Crippen LogP contribution in [-0.2, 0) is 50.1 Å². The molecule has 0 amide bonds. The van der Waals surface area contributed by atoms with Crippen molar-refractivity contribution in [3.63, 3.8) is 0 Å². The molecular weight excluding hydrogens is 570 g/mol. The number of rotatable bonds is 0. The van der Waals surface area contributed by atoms with Gasteiger partial charge in [-0.25, -0.2) is 0 Å². The summed E-state index contributed by atoms with van der Waals surface area (Å²) in [5, 5.41) is 0. The molecule has 0 aliphatic carbocycles. The van der Waals surface area contributed by atoms with Crippen molar-refractivity contribution < 1.29 is 0 Å². The first kappa shape index (κ1) is 29.0. The Labute approximate surface area is 270 Å². The van der Waals surface area contributed by atoms with Gasteiger partial charge in [-0.2, -0.15) is 0 Å². The minimum Gasteiger partial charge on any atom is -0.360 e. The minimum absolute atomic E-state index is 0.423. The third-order valence-electron chi connectivity index (χ3n) is 10.4. The van der Waals surface area contributed by atoms with Gasteiger partial charge in [0.1, 0.15) is 0 Å². The molecule has 0 saturated heterocycles. The topological polar surface area (TPSA) is 104 Å². The van der Waals surface area contributed by atoms with Crippen LogP contribution in [-0.4, -0.2) is 65.7 Å². The van der Waals surface area contributed by atoms with Crippen LogP contribution in [0.3, 0.4) is 0 Å². The summed E-state index contributed by atoms with van der Waals surface area (Å²) in [6.45, 7) is 9.49. The predicted octanol–water partition coefficient (Wildman–Crippen LogP) is 5.89. The monoisotopic (exact) mass is 615 g/mol. The average molecular weight is 616 g/mol. The molecule has 0 unspecified atom stereocenters. The molecule has 9 rings (SSSR count). The Kier molecular flexibility index (Phi) is 6.83. The largest absolute Gasteiger partial charge is 0.360 e. The average Bonchev–Trinajstić information content (AvgIpc) is 3.84. The summed E-state index contributed by atoms with van der Waals surface area (Å²) in [5.41, 5.74) is 13.3. The highest BCUT2D eigenvalue weighted by atomic mass is 15.1. The zero-order valence-corrected chi connectivity index (χ0v) is 27.5. The van der Waals surface area contributed by atoms with Crippen molar-refractivity contribution >= 4 is 0 Å². The fourth-order valence-corrected chi connectivity index (χ4v) is 7.73. The number of H-pyrrole nitrogens is 6. The number of hydrogen-bond donors (Lipinski definition) is 6. The fourth-order valence-electron chi connectivity index (χ4n) is 7.73. The number of nitrogens with zero attached hydrogens (tertiary/aromatic N) is 3. The summed E-state index contributed by atoms with van der Waals surface area (Å²) in [6.07, 6.45) is 0. The highest BCUT2D eigenvalue weighted by Gasteiger charge is 2.37. The van der Waals surface area contributed by atoms with Crippen molar-refractivity contribution in [3.8, 4) is 0 Å². The second-order valence-corrected chi connectivity index (χ2v) is 14.2. The van der Waals surface area contributed by atoms with Crippen LogP contribution in [0.4, 0.5) is 0 Å². The van der Waals surface area contributed by atoms with Crippen LogP contribution in [0.2, 0.25) is 0 Å². The van der Waals surface area contributed by atoms with Crippen molar-refractivity contribution in [2.75, 3.05) is 21.1 Å². The molecule has 9 heterocycles. The zero-order chi connectivity index (χ0) is 31.6. The lowest BCUT2D eigenvalue weighted by molar-refractivity contribution is 0.310. The highest BCUT2D eigenvalue weighted by molar-refractivity contribution is 5.46. The standard InChI is InChI=1S/C37H45N9/c1-36-30-12-6-24(38-30)18-44(3)21-27-9-15-33(41-27)37(2,34-16-10-28(42-34)22-45(4)19-25-7-13-31(36)39-25)35-17-11-29(43-35)23-46(5)20-26-8-14-32(36)40-26/h6-17,38-43H,18-23H2,1-5H3. The van der Waals surface area contributed by atoms with Crippen LogP contribution in [0.15, 0.2) is 72.8 Å². The Morgan fingerprint density at radius 3 is 0.696 bits per heavy atom. The van der Waals surface area contributed by atoms with E-state index < -0.39 is 10.8 Å². The molecule has 238 valence electrons. The maximum absolute atomic E-state index is 3.84. The molecule has 9 nitrogen and oxygen atoms in total. The highest BCUT2D eigenvalue weighted by Crippen LogP contribution is 2.40. The predicted molar refractivity (Wildman–Crippen MR) is 181 cm³/mol. The van der Waals surface area contributed by atoms with E-state index in [0.29, 0.717) is 0 Å². The number of aromatic amines is 6. The van der Waals surface area contributed by atoms with Gasteiger partial charge < -0.3 is 29.9 Å². The van der Waals surface area contributed by atoms with Crippen LogP contribution in [0.25, 0.3) is 0 Å². The van der Waals surface area contributed by atoms with Gasteiger partial charge in [0, 0.05) is 108 Å². The van der Waals surface area contributed by atoms with Gasteiger partial charge in [0.2, 0.25) is 0 Å². The van der Waals surface area contributed by atoms with Gasteiger partial charge in [0.15, 0.2) is 0 Å². The first-order valence-electron chi connectivity index (χ1n) is 16.3. The van der Waals surface area contributed by atoms with Crippen molar-refractivity contribution in [1.29, 1.82) is 0 Å². The molecule has 6 aromatic rings. The summed E-state index contributed by atoms with van der Waals surface area (Å²) in [7, 11) is 6.56. The number of hydrogen-bond acceptors (Lipinski definition) is 3. The molecule has 6 N–H and O–H groups in total. The number of nitrogens with one attached hydrogen (secondary N) is 6. The molecule has 0 saturated carbocycles. The maximum atomic E-state index is 3.84. The van der Waals surface area contributed by atoms with E-state index in [-0.39, 0.29) is 0 Å². The van der Waals surface area contributed by atoms with Gasteiger partial charge in [0.25, 0.3) is 0 Å². The molecule has 0 atom stereocenters. The van der Waals surface area contributed by atoms with E-state index in [0.717, 1.165) is 39.3 Å². The Bertz CT molecular complexity index is 1610. The Hall–Kier alpha value is -4.44. The van der Waals surface area contributed by atoms with Crippen LogP contribution in [0, 0.1) is 0 Å². The SMILES string of the molecule is CN1Cc2ccc([nH]2)C2(C)c3ccc([nH]3)CN(C)Cc3ccc([nH]3)C(C)(c3ccc([nH]3)C1)c1ccc([nH]1)CN(C)Cc1ccc2[nH]1. The molecule has 9 heteroatoms. The lowest BCUT2D eigenvalue weighted by Gasteiger charge is -2.28. The molecular formula is C37H45N9. The lowest BCUT2D eigenvalue weighted by atomic mass is 9.80. The Morgan fingerprint density at radius 1 is 0.348 bits per heavy atom. The van der Waals surface area contributed by atoms with Crippen LogP contribution in [0.1, 0.15) is 82.2 Å². The van der Waals surface area contributed by atoms with Gasteiger partial charge >= 0.3 is 0 Å². The number of fused-ring (bicyclic) bond motifs is 6. The molecule has 0 radical (unpaired) electrons. The van der Waals surface area contributed by atoms with Crippen LogP contribution < -0.4 is 0 Å². The Morgan fingerprint density at radius 2 is 0.522 bits per heavy atom. The van der Waals surface area contributed by atoms with Gasteiger partial charge in [-0.05, 0) is 108 Å². The minimum atomic E-state index is -0.423. The molecule has 46 heavy (non-hydrogen) atoms. The molecule has 3 aliphatic rings. The summed E-state index contributed by atoms with van der Waals surface area (Å²) < 4.78 is 0. The van der Waals surface area contributed by atoms with Crippen LogP contribution in [0.5, 0.6) is 0 Å². The normalized spacial score (nSPS) is 23.2. The quantitative estimate of drug-likeness (QED) is 0.129. The Balaban J connectivity index is 1.33. The summed E-state index contributed by atoms with van der Waals surface area (Å²) >= 11 is 0. The van der Waals surface area contributed by atoms with E-state index >= 15 is 0 Å². The molecule has 0 aromatic carbocycles. The third kappa shape index (κ3) is 4.90. The summed E-state index contributed by atoms with van der Waals surface area (Å²) in [4.78, 5) is 30.1. The first-order chi connectivity index (χ1) is 22.2. The van der Waals surface area contributed by atoms with Gasteiger partial charge in [0.05, 0.1) is 10.8 Å². The van der Waals surface area contributed by atoms with Gasteiger partial charge in [-0.3, -0.25) is 14.7 Å². The van der Waals surface area contributed by atoms with Crippen molar-refractivity contribution in [3.05, 3.63) is 141 Å². The lowest BCUT2D eigenvalue weighted by Crippen LogP contribution is -2.28. The number of aromatic nitrogens is 6. The van der Waals surface area contributed by atoms with E-state index in [1.807, 2.05) is 0 Å². The smallest absolute Gasteiger partial charge is 0.0872 e. The third-order valence-corrected chi connectivity index (χ3v) is 10.4. The second-order valence-electron chi connectivity index (χ2n) is 14.2.